The maximum Gasteiger partial charge on any atom is 0.254 e. The summed E-state index contributed by atoms with van der Waals surface area (Å²) in [6, 6.07) is 5.69. The van der Waals surface area contributed by atoms with E-state index in [2.05, 4.69) is 15.1 Å². The van der Waals surface area contributed by atoms with Crippen LogP contribution in [0.2, 0.25) is 0 Å². The van der Waals surface area contributed by atoms with Crippen molar-refractivity contribution in [2.75, 3.05) is 13.1 Å². The molecule has 3 aromatic rings. The van der Waals surface area contributed by atoms with Gasteiger partial charge in [0.15, 0.2) is 0 Å². The average molecular weight is 354 g/mol. The fourth-order valence-electron chi connectivity index (χ4n) is 3.11. The van der Waals surface area contributed by atoms with Gasteiger partial charge in [-0.05, 0) is 38.0 Å². The second-order valence-electron chi connectivity index (χ2n) is 6.23. The number of aryl methyl sites for hydroxylation is 1. The van der Waals surface area contributed by atoms with Gasteiger partial charge in [-0.25, -0.2) is 0 Å². The van der Waals surface area contributed by atoms with Crippen molar-refractivity contribution in [2.45, 2.75) is 25.7 Å². The van der Waals surface area contributed by atoms with E-state index in [1.165, 1.54) is 0 Å². The molecular formula is C18H18N4O2S. The molecule has 0 N–H and O–H groups in total. The lowest BCUT2D eigenvalue weighted by molar-refractivity contribution is 0.0696. The molecule has 1 aliphatic rings. The summed E-state index contributed by atoms with van der Waals surface area (Å²) in [5.41, 5.74) is 1.60. The summed E-state index contributed by atoms with van der Waals surface area (Å²) in [4.78, 5) is 24.3. The number of hydrogen-bond donors (Lipinski definition) is 0. The normalized spacial score (nSPS) is 17.6. The Kier molecular flexibility index (Phi) is 4.31. The Labute approximate surface area is 149 Å². The Morgan fingerprint density at radius 3 is 3.12 bits per heavy atom. The zero-order valence-corrected chi connectivity index (χ0v) is 14.7. The highest BCUT2D eigenvalue weighted by atomic mass is 32.1. The van der Waals surface area contributed by atoms with Crippen molar-refractivity contribution in [3.05, 3.63) is 52.3 Å². The molecule has 6 nitrogen and oxygen atoms in total. The molecule has 7 heteroatoms. The van der Waals surface area contributed by atoms with Crippen LogP contribution in [0.3, 0.4) is 0 Å². The van der Waals surface area contributed by atoms with Gasteiger partial charge in [0.05, 0.1) is 11.5 Å². The van der Waals surface area contributed by atoms with E-state index in [1.807, 2.05) is 35.4 Å². The minimum Gasteiger partial charge on any atom is -0.339 e. The van der Waals surface area contributed by atoms with Crippen molar-refractivity contribution < 1.29 is 9.32 Å². The van der Waals surface area contributed by atoms with Crippen LogP contribution < -0.4 is 0 Å². The van der Waals surface area contributed by atoms with E-state index in [1.54, 1.807) is 23.7 Å². The number of rotatable bonds is 3. The number of carbonyl (C=O) groups excluding carboxylic acids is 1. The predicted octanol–water partition coefficient (Wildman–Crippen LogP) is 3.52. The smallest absolute Gasteiger partial charge is 0.254 e. The highest BCUT2D eigenvalue weighted by molar-refractivity contribution is 7.10. The lowest BCUT2D eigenvalue weighted by atomic mass is 9.97. The largest absolute Gasteiger partial charge is 0.339 e. The number of amides is 1. The number of thiophene rings is 1. The molecule has 0 aliphatic carbocycles. The number of aromatic nitrogens is 3. The maximum absolute atomic E-state index is 12.7. The number of likely N-dealkylation sites (tertiary alicyclic amines) is 1. The van der Waals surface area contributed by atoms with E-state index in [-0.39, 0.29) is 11.8 Å². The maximum atomic E-state index is 12.7. The second-order valence-corrected chi connectivity index (χ2v) is 7.35. The summed E-state index contributed by atoms with van der Waals surface area (Å²) in [7, 11) is 0. The minimum absolute atomic E-state index is 0.0790. The van der Waals surface area contributed by atoms with Gasteiger partial charge < -0.3 is 9.42 Å². The minimum atomic E-state index is 0.0790. The molecule has 128 valence electrons. The zero-order valence-electron chi connectivity index (χ0n) is 13.9. The molecule has 1 saturated heterocycles. The van der Waals surface area contributed by atoms with Gasteiger partial charge in [0, 0.05) is 41.3 Å². The summed E-state index contributed by atoms with van der Waals surface area (Å²) in [5.74, 6) is 1.30. The van der Waals surface area contributed by atoms with E-state index in [4.69, 9.17) is 4.52 Å². The topological polar surface area (TPSA) is 72.1 Å². The van der Waals surface area contributed by atoms with Crippen molar-refractivity contribution in [3.8, 4) is 11.4 Å². The first-order valence-corrected chi connectivity index (χ1v) is 9.17. The summed E-state index contributed by atoms with van der Waals surface area (Å²) in [5, 5.41) is 5.99. The third-order valence-electron chi connectivity index (χ3n) is 4.40. The lowest BCUT2D eigenvalue weighted by Crippen LogP contribution is -2.39. The van der Waals surface area contributed by atoms with E-state index >= 15 is 0 Å². The average Bonchev–Trinajstić information content (AvgIpc) is 3.31. The fraction of sp³-hybridized carbons (Fsp3) is 0.333. The monoisotopic (exact) mass is 354 g/mol. The summed E-state index contributed by atoms with van der Waals surface area (Å²) >= 11 is 1.60. The van der Waals surface area contributed by atoms with Crippen LogP contribution in [0.4, 0.5) is 0 Å². The third kappa shape index (κ3) is 3.32. The number of hydrogen-bond acceptors (Lipinski definition) is 6. The van der Waals surface area contributed by atoms with E-state index in [0.29, 0.717) is 18.3 Å². The van der Waals surface area contributed by atoms with Crippen LogP contribution in [0.15, 0.2) is 40.5 Å². The van der Waals surface area contributed by atoms with Gasteiger partial charge in [0.2, 0.25) is 11.7 Å². The molecule has 1 fully saturated rings. The summed E-state index contributed by atoms with van der Waals surface area (Å²) in [6.07, 6.45) is 5.30. The fourth-order valence-corrected chi connectivity index (χ4v) is 3.79. The van der Waals surface area contributed by atoms with Crippen LogP contribution in [-0.2, 0) is 0 Å². The van der Waals surface area contributed by atoms with Gasteiger partial charge in [-0.15, -0.1) is 11.3 Å². The van der Waals surface area contributed by atoms with Crippen LogP contribution in [0.25, 0.3) is 11.4 Å². The molecule has 0 spiro atoms. The molecule has 0 aromatic carbocycles. The summed E-state index contributed by atoms with van der Waals surface area (Å²) < 4.78 is 5.47. The first-order chi connectivity index (χ1) is 12.2. The number of nitrogens with zero attached hydrogens (tertiary/aromatic N) is 4. The molecular weight excluding hydrogens is 336 g/mol. The number of piperidine rings is 1. The highest BCUT2D eigenvalue weighted by Gasteiger charge is 2.29. The lowest BCUT2D eigenvalue weighted by Gasteiger charge is -2.30. The molecule has 25 heavy (non-hydrogen) atoms. The van der Waals surface area contributed by atoms with Crippen LogP contribution in [-0.4, -0.2) is 39.0 Å². The van der Waals surface area contributed by atoms with Gasteiger partial charge in [-0.2, -0.15) is 4.98 Å². The van der Waals surface area contributed by atoms with Crippen molar-refractivity contribution in [1.29, 1.82) is 0 Å². The van der Waals surface area contributed by atoms with Gasteiger partial charge in [0.1, 0.15) is 0 Å². The van der Waals surface area contributed by atoms with Crippen molar-refractivity contribution in [2.24, 2.45) is 0 Å². The standard InChI is InChI=1S/C18H18N4O2S/c1-12-8-15(11-25-12)18(23)22-7-3-5-14(10-22)17-20-16(21-24-17)13-4-2-6-19-9-13/h2,4,6,8-9,11,14H,3,5,7,10H2,1H3/t14-/m0/s1. The molecule has 0 saturated carbocycles. The van der Waals surface area contributed by atoms with E-state index in [9.17, 15) is 4.79 Å². The van der Waals surface area contributed by atoms with Crippen LogP contribution in [0.1, 0.15) is 39.9 Å². The number of pyridine rings is 1. The highest BCUT2D eigenvalue weighted by Crippen LogP contribution is 2.28. The van der Waals surface area contributed by atoms with Crippen molar-refractivity contribution in [3.63, 3.8) is 0 Å². The molecule has 3 aromatic heterocycles. The number of carbonyl (C=O) groups is 1. The van der Waals surface area contributed by atoms with E-state index in [0.717, 1.165) is 35.4 Å². The predicted molar refractivity (Wildman–Crippen MR) is 94.5 cm³/mol. The van der Waals surface area contributed by atoms with Gasteiger partial charge in [0.25, 0.3) is 5.91 Å². The first kappa shape index (κ1) is 16.0. The molecule has 0 bridgehead atoms. The molecule has 1 atom stereocenters. The summed E-state index contributed by atoms with van der Waals surface area (Å²) in [6.45, 7) is 3.40. The van der Waals surface area contributed by atoms with Crippen LogP contribution in [0, 0.1) is 6.92 Å². The zero-order chi connectivity index (χ0) is 17.2. The molecule has 0 unspecified atom stereocenters. The van der Waals surface area contributed by atoms with Crippen LogP contribution >= 0.6 is 11.3 Å². The third-order valence-corrected chi connectivity index (χ3v) is 5.26. The van der Waals surface area contributed by atoms with Gasteiger partial charge in [-0.1, -0.05) is 5.16 Å². The molecule has 1 amide bonds. The van der Waals surface area contributed by atoms with E-state index < -0.39 is 0 Å². The first-order valence-electron chi connectivity index (χ1n) is 8.29. The van der Waals surface area contributed by atoms with Crippen molar-refractivity contribution >= 4 is 17.2 Å². The Morgan fingerprint density at radius 1 is 1.44 bits per heavy atom. The molecule has 4 heterocycles. The second kappa shape index (κ2) is 6.76. The van der Waals surface area contributed by atoms with Crippen LogP contribution in [0.5, 0.6) is 0 Å². The van der Waals surface area contributed by atoms with Gasteiger partial charge in [-0.3, -0.25) is 9.78 Å². The Morgan fingerprint density at radius 2 is 2.36 bits per heavy atom. The van der Waals surface area contributed by atoms with Crippen molar-refractivity contribution in [1.82, 2.24) is 20.0 Å². The Bertz CT molecular complexity index is 874. The quantitative estimate of drug-likeness (QED) is 0.719. The molecule has 1 aliphatic heterocycles. The SMILES string of the molecule is Cc1cc(C(=O)N2CCC[C@H](c3nc(-c4cccnc4)no3)C2)cs1. The Hall–Kier alpha value is -2.54. The Balaban J connectivity index is 1.50. The van der Waals surface area contributed by atoms with Gasteiger partial charge >= 0.3 is 0 Å². The molecule has 4 rings (SSSR count). The molecule has 0 radical (unpaired) electrons.